The van der Waals surface area contributed by atoms with Crippen molar-refractivity contribution in [2.24, 2.45) is 0 Å². The van der Waals surface area contributed by atoms with Crippen LogP contribution in [0.1, 0.15) is 60.8 Å². The maximum Gasteiger partial charge on any atom is 0.207 e. The van der Waals surface area contributed by atoms with Crippen molar-refractivity contribution in [3.8, 4) is 0 Å². The molecule has 0 saturated carbocycles. The van der Waals surface area contributed by atoms with Gasteiger partial charge >= 0.3 is 0 Å². The molecule has 1 aromatic heterocycles. The number of rotatable bonds is 17. The van der Waals surface area contributed by atoms with E-state index in [9.17, 15) is 4.79 Å². The van der Waals surface area contributed by atoms with Crippen LogP contribution in [0.15, 0.2) is 77.0 Å². The van der Waals surface area contributed by atoms with E-state index in [2.05, 4.69) is 40.5 Å². The predicted octanol–water partition coefficient (Wildman–Crippen LogP) is 6.98. The number of allylic oxidation sites excluding steroid dienone is 10. The minimum absolute atomic E-state index is 0.0301. The summed E-state index contributed by atoms with van der Waals surface area (Å²) in [5, 5.41) is 5.57. The Morgan fingerprint density at radius 1 is 1.13 bits per heavy atom. The Kier molecular flexibility index (Phi) is 15.9. The molecule has 0 unspecified atom stereocenters. The van der Waals surface area contributed by atoms with Crippen LogP contribution in [0, 0.1) is 5.82 Å². The minimum Gasteiger partial charge on any atom is -0.363 e. The second-order valence-corrected chi connectivity index (χ2v) is 8.70. The summed E-state index contributed by atoms with van der Waals surface area (Å²) in [6.07, 6.45) is 17.8. The molecule has 1 aromatic rings. The van der Waals surface area contributed by atoms with Gasteiger partial charge in [-0.25, -0.2) is 14.4 Å². The maximum absolute atomic E-state index is 15.4. The van der Waals surface area contributed by atoms with Crippen molar-refractivity contribution < 1.29 is 13.6 Å². The minimum atomic E-state index is -0.596. The number of nitrogens with zero attached hydrogens (tertiary/aromatic N) is 3. The Morgan fingerprint density at radius 3 is 2.53 bits per heavy atom. The number of unbranched alkanes of at least 4 members (excludes halogenated alkanes) is 1. The Balaban J connectivity index is 3.30. The van der Waals surface area contributed by atoms with E-state index in [1.807, 2.05) is 51.2 Å². The molecule has 0 aliphatic heterocycles. The largest absolute Gasteiger partial charge is 0.363 e. The summed E-state index contributed by atoms with van der Waals surface area (Å²) < 4.78 is 30.7. The zero-order valence-electron chi connectivity index (χ0n) is 23.7. The summed E-state index contributed by atoms with van der Waals surface area (Å²) in [4.78, 5) is 20.4. The fourth-order valence-electron chi connectivity index (χ4n) is 3.62. The Hall–Kier alpha value is -3.55. The van der Waals surface area contributed by atoms with Crippen LogP contribution in [0.3, 0.4) is 0 Å². The molecular formula is C30H43F2N5O. The third kappa shape index (κ3) is 11.2. The molecule has 0 saturated heterocycles. The van der Waals surface area contributed by atoms with Crippen molar-refractivity contribution in [3.05, 3.63) is 82.8 Å². The third-order valence-electron chi connectivity index (χ3n) is 5.67. The van der Waals surface area contributed by atoms with Crippen molar-refractivity contribution in [3.63, 3.8) is 0 Å². The van der Waals surface area contributed by atoms with Crippen LogP contribution < -0.4 is 15.5 Å². The average Bonchev–Trinajstić information content (AvgIpc) is 2.90. The number of hydrogen-bond donors (Lipinski definition) is 2. The molecule has 0 atom stereocenters. The van der Waals surface area contributed by atoms with Gasteiger partial charge in [0.25, 0.3) is 0 Å². The molecule has 0 radical (unpaired) electrons. The second kappa shape index (κ2) is 18.7. The molecule has 38 heavy (non-hydrogen) atoms. The number of hydrogen-bond acceptors (Lipinski definition) is 5. The van der Waals surface area contributed by atoms with Crippen molar-refractivity contribution in [2.75, 3.05) is 36.4 Å². The van der Waals surface area contributed by atoms with Gasteiger partial charge in [-0.3, -0.25) is 4.79 Å². The highest BCUT2D eigenvalue weighted by atomic mass is 19.1. The molecule has 0 bridgehead atoms. The fourth-order valence-corrected chi connectivity index (χ4v) is 3.62. The fraction of sp³-hybridized carbons (Fsp3) is 0.433. The van der Waals surface area contributed by atoms with Gasteiger partial charge in [0.05, 0.1) is 0 Å². The van der Waals surface area contributed by atoms with Crippen LogP contribution in [-0.4, -0.2) is 42.6 Å². The van der Waals surface area contributed by atoms with Crippen molar-refractivity contribution >= 4 is 18.0 Å². The summed E-state index contributed by atoms with van der Waals surface area (Å²) in [5.74, 6) is -0.785. The van der Waals surface area contributed by atoms with E-state index in [4.69, 9.17) is 0 Å². The SMILES string of the molecule is C\C=C/C(=C\C(C)=C\CC)C(/C)=C(F)/C=C(\C=C\CCC)CNc1ncnc(N(CC)CCNC=O)c1F. The number of amides is 1. The van der Waals surface area contributed by atoms with Crippen molar-refractivity contribution in [1.29, 1.82) is 0 Å². The Bertz CT molecular complexity index is 1070. The summed E-state index contributed by atoms with van der Waals surface area (Å²) in [6.45, 7) is 13.1. The van der Waals surface area contributed by atoms with Gasteiger partial charge in [0.15, 0.2) is 11.6 Å². The van der Waals surface area contributed by atoms with Crippen molar-refractivity contribution in [2.45, 2.75) is 60.8 Å². The highest BCUT2D eigenvalue weighted by Gasteiger charge is 2.16. The van der Waals surface area contributed by atoms with Gasteiger partial charge in [-0.15, -0.1) is 0 Å². The lowest BCUT2D eigenvalue weighted by atomic mass is 10.0. The highest BCUT2D eigenvalue weighted by molar-refractivity contribution is 5.53. The quantitative estimate of drug-likeness (QED) is 0.130. The van der Waals surface area contributed by atoms with Gasteiger partial charge in [0.1, 0.15) is 12.2 Å². The number of aromatic nitrogens is 2. The van der Waals surface area contributed by atoms with E-state index in [0.717, 1.165) is 30.4 Å². The first-order valence-electron chi connectivity index (χ1n) is 13.2. The monoisotopic (exact) mass is 527 g/mol. The lowest BCUT2D eigenvalue weighted by molar-refractivity contribution is -0.109. The number of carbonyl (C=O) groups is 1. The second-order valence-electron chi connectivity index (χ2n) is 8.70. The molecule has 0 spiro atoms. The molecule has 1 rings (SSSR count). The number of halogens is 2. The van der Waals surface area contributed by atoms with E-state index < -0.39 is 5.82 Å². The van der Waals surface area contributed by atoms with E-state index in [-0.39, 0.29) is 24.0 Å². The van der Waals surface area contributed by atoms with Gasteiger partial charge in [0.2, 0.25) is 12.2 Å². The molecule has 0 aliphatic carbocycles. The number of likely N-dealkylation sites (N-methyl/N-ethyl adjacent to an activating group) is 1. The van der Waals surface area contributed by atoms with E-state index in [1.165, 1.54) is 12.4 Å². The molecule has 2 N–H and O–H groups in total. The lowest BCUT2D eigenvalue weighted by Gasteiger charge is -2.22. The summed E-state index contributed by atoms with van der Waals surface area (Å²) in [7, 11) is 0. The molecule has 208 valence electrons. The molecule has 0 fully saturated rings. The predicted molar refractivity (Wildman–Crippen MR) is 155 cm³/mol. The van der Waals surface area contributed by atoms with Crippen LogP contribution in [0.2, 0.25) is 0 Å². The lowest BCUT2D eigenvalue weighted by Crippen LogP contribution is -2.33. The summed E-state index contributed by atoms with van der Waals surface area (Å²) in [5.41, 5.74) is 3.03. The number of nitrogens with one attached hydrogen (secondary N) is 2. The maximum atomic E-state index is 15.4. The Morgan fingerprint density at radius 2 is 1.89 bits per heavy atom. The van der Waals surface area contributed by atoms with Crippen LogP contribution in [0.4, 0.5) is 20.4 Å². The van der Waals surface area contributed by atoms with Crippen LogP contribution in [-0.2, 0) is 4.79 Å². The molecule has 0 aromatic carbocycles. The van der Waals surface area contributed by atoms with E-state index in [1.54, 1.807) is 11.8 Å². The normalized spacial score (nSPS) is 13.7. The van der Waals surface area contributed by atoms with Crippen LogP contribution in [0.25, 0.3) is 0 Å². The zero-order valence-corrected chi connectivity index (χ0v) is 23.7. The van der Waals surface area contributed by atoms with Gasteiger partial charge in [0, 0.05) is 26.2 Å². The van der Waals surface area contributed by atoms with Gasteiger partial charge in [-0.1, -0.05) is 62.3 Å². The number of carbonyl (C=O) groups excluding carboxylic acids is 1. The smallest absolute Gasteiger partial charge is 0.207 e. The van der Waals surface area contributed by atoms with Gasteiger partial charge < -0.3 is 15.5 Å². The molecular weight excluding hydrogens is 484 g/mol. The zero-order chi connectivity index (χ0) is 28.3. The number of anilines is 2. The van der Waals surface area contributed by atoms with Gasteiger partial charge in [-0.2, -0.15) is 4.39 Å². The van der Waals surface area contributed by atoms with Crippen molar-refractivity contribution in [1.82, 2.24) is 15.3 Å². The molecule has 6 nitrogen and oxygen atoms in total. The highest BCUT2D eigenvalue weighted by Crippen LogP contribution is 2.23. The molecule has 1 amide bonds. The van der Waals surface area contributed by atoms with Crippen LogP contribution in [0.5, 0.6) is 0 Å². The topological polar surface area (TPSA) is 70.2 Å². The summed E-state index contributed by atoms with van der Waals surface area (Å²) in [6, 6.07) is 0. The average molecular weight is 528 g/mol. The molecule has 0 aliphatic rings. The van der Waals surface area contributed by atoms with Gasteiger partial charge in [-0.05, 0) is 63.3 Å². The Labute approximate surface area is 227 Å². The molecule has 1 heterocycles. The first kappa shape index (κ1) is 32.5. The van der Waals surface area contributed by atoms with E-state index in [0.29, 0.717) is 37.2 Å². The van der Waals surface area contributed by atoms with E-state index >= 15 is 8.78 Å². The van der Waals surface area contributed by atoms with Crippen LogP contribution >= 0.6 is 0 Å². The molecule has 8 heteroatoms. The first-order chi connectivity index (χ1) is 18.3. The summed E-state index contributed by atoms with van der Waals surface area (Å²) >= 11 is 0. The standard InChI is InChI=1S/C30H43F2N5O/c1-7-11-12-15-25(19-27(31)24(6)26(14-9-3)18-23(5)13-8-2)20-34-29-28(32)30(36-21-35-29)37(10-4)17-16-33-22-38/h9,12-15,18-19,21-22H,7-8,10-11,16-17,20H2,1-6H3,(H,33,38)(H,34,35,36)/b14-9-,15-12+,23-13+,25-19+,26-18+,27-24-. The first-order valence-corrected chi connectivity index (χ1v) is 13.2. The third-order valence-corrected chi connectivity index (χ3v) is 5.67.